The minimum atomic E-state index is -5.15. The van der Waals surface area contributed by atoms with Crippen molar-refractivity contribution in [3.8, 4) is 0 Å². The van der Waals surface area contributed by atoms with E-state index in [2.05, 4.69) is 55.4 Å². The lowest BCUT2D eigenvalue weighted by Gasteiger charge is -2.37. The zero-order valence-corrected chi connectivity index (χ0v) is 38.3. The molecule has 316 valence electrons. The molecule has 8 heteroatoms. The Labute approximate surface area is 329 Å². The van der Waals surface area contributed by atoms with E-state index in [1.54, 1.807) is 0 Å². The second-order valence-electron chi connectivity index (χ2n) is 20.1. The fourth-order valence-electron chi connectivity index (χ4n) is 8.09. The van der Waals surface area contributed by atoms with E-state index in [0.29, 0.717) is 11.8 Å². The van der Waals surface area contributed by atoms with Gasteiger partial charge in [0.2, 0.25) is 5.60 Å². The molecule has 0 aliphatic heterocycles. The summed E-state index contributed by atoms with van der Waals surface area (Å²) < 4.78 is 17.9. The number of carbonyl (C=O) groups excluding carboxylic acids is 2. The minimum absolute atomic E-state index is 0.0161. The molecule has 0 radical (unpaired) electrons. The zero-order valence-electron chi connectivity index (χ0n) is 37.4. The monoisotopic (exact) mass is 773 g/mol. The Balaban J connectivity index is 5.17. The summed E-state index contributed by atoms with van der Waals surface area (Å²) in [6.45, 7) is 22.5. The van der Waals surface area contributed by atoms with Crippen LogP contribution in [0, 0.1) is 47.3 Å². The van der Waals surface area contributed by atoms with Crippen LogP contribution in [-0.2, 0) is 18.7 Å². The number of carbonyl (C=O) groups is 2. The summed E-state index contributed by atoms with van der Waals surface area (Å²) in [6.07, 6.45) is 21.4. The molecule has 0 aromatic rings. The lowest BCUT2D eigenvalue weighted by molar-refractivity contribution is -0.874. The molecule has 2 N–H and O–H groups in total. The van der Waals surface area contributed by atoms with Crippen LogP contribution in [0.2, 0.25) is 0 Å². The fourth-order valence-corrected chi connectivity index (χ4v) is 8.75. The lowest BCUT2D eigenvalue weighted by atomic mass is 9.81. The van der Waals surface area contributed by atoms with Crippen molar-refractivity contribution in [1.82, 2.24) is 0 Å². The number of phosphoric acid groups is 1. The fraction of sp³-hybridized carbons (Fsp3) is 0.956. The predicted molar refractivity (Wildman–Crippen MR) is 226 cm³/mol. The third kappa shape index (κ3) is 27.6. The first kappa shape index (κ1) is 52.4. The van der Waals surface area contributed by atoms with E-state index in [9.17, 15) is 23.9 Å². The molecule has 0 aromatic carbocycles. The largest absolute Gasteiger partial charge is 0.471 e. The smallest absolute Gasteiger partial charge is 0.328 e. The highest BCUT2D eigenvalue weighted by molar-refractivity contribution is 7.46. The van der Waals surface area contributed by atoms with Gasteiger partial charge in [0, 0.05) is 12.8 Å². The van der Waals surface area contributed by atoms with Gasteiger partial charge < -0.3 is 14.3 Å². The molecule has 0 saturated heterocycles. The number of phosphoric ester groups is 1. The molecule has 0 spiro atoms. The van der Waals surface area contributed by atoms with Crippen molar-refractivity contribution in [3.05, 3.63) is 0 Å². The summed E-state index contributed by atoms with van der Waals surface area (Å²) in [5, 5.41) is 0. The maximum atomic E-state index is 14.1. The van der Waals surface area contributed by atoms with E-state index in [0.717, 1.165) is 62.2 Å². The quantitative estimate of drug-likeness (QED) is 0.0384. The molecule has 53 heavy (non-hydrogen) atoms. The van der Waals surface area contributed by atoms with Gasteiger partial charge in [-0.15, -0.1) is 0 Å². The number of hydrogen-bond acceptors (Lipinski definition) is 4. The van der Waals surface area contributed by atoms with E-state index < -0.39 is 25.0 Å². The van der Waals surface area contributed by atoms with E-state index in [4.69, 9.17) is 4.52 Å². The van der Waals surface area contributed by atoms with Crippen LogP contribution in [0.4, 0.5) is 0 Å². The topological polar surface area (TPSA) is 101 Å². The Morgan fingerprint density at radius 1 is 0.491 bits per heavy atom. The molecule has 0 aliphatic rings. The van der Waals surface area contributed by atoms with Crippen LogP contribution in [-0.4, -0.2) is 59.1 Å². The lowest BCUT2D eigenvalue weighted by Crippen LogP contribution is -2.60. The molecule has 0 aromatic heterocycles. The van der Waals surface area contributed by atoms with Crippen LogP contribution in [0.15, 0.2) is 0 Å². The Hall–Kier alpha value is -0.590. The van der Waals surface area contributed by atoms with E-state index in [1.165, 1.54) is 77.0 Å². The average molecular weight is 773 g/mol. The summed E-state index contributed by atoms with van der Waals surface area (Å²) in [7, 11) is 0.332. The second-order valence-corrected chi connectivity index (χ2v) is 21.3. The van der Waals surface area contributed by atoms with Gasteiger partial charge in [-0.05, 0) is 47.3 Å². The number of likely N-dealkylation sites (N-methyl/N-ethyl adjacent to an activating group) is 1. The van der Waals surface area contributed by atoms with Crippen molar-refractivity contribution in [2.75, 3.05) is 27.7 Å². The third-order valence-corrected chi connectivity index (χ3v) is 12.0. The Kier molecular flexibility index (Phi) is 26.8. The van der Waals surface area contributed by atoms with Crippen molar-refractivity contribution in [2.24, 2.45) is 47.3 Å². The molecular weight excluding hydrogens is 681 g/mol. The molecule has 0 fully saturated rings. The summed E-state index contributed by atoms with van der Waals surface area (Å²) in [5.74, 6) is 3.34. The number of Topliss-reactive ketones (excluding diaryl/α,β-unsaturated/α-hetero) is 2. The molecular formula is C45H91NO6P+. The zero-order chi connectivity index (χ0) is 40.8. The maximum Gasteiger partial charge on any atom is 0.471 e. The van der Waals surface area contributed by atoms with Crippen LogP contribution in [0.3, 0.4) is 0 Å². The molecule has 0 bridgehead atoms. The number of ketones is 2. The van der Waals surface area contributed by atoms with Crippen LogP contribution < -0.4 is 0 Å². The second kappa shape index (κ2) is 27.1. The summed E-state index contributed by atoms with van der Waals surface area (Å²) in [4.78, 5) is 48.3. The van der Waals surface area contributed by atoms with Crippen LogP contribution in [0.5, 0.6) is 0 Å². The van der Waals surface area contributed by atoms with Gasteiger partial charge in [0.05, 0.1) is 21.1 Å². The van der Waals surface area contributed by atoms with Crippen molar-refractivity contribution >= 4 is 19.4 Å². The van der Waals surface area contributed by atoms with Crippen molar-refractivity contribution in [1.29, 1.82) is 0 Å². The van der Waals surface area contributed by atoms with Gasteiger partial charge in [-0.3, -0.25) is 14.1 Å². The number of quaternary nitrogens is 1. The SMILES string of the molecule is CC(C)CCCC(C)CCCC(C)CCCC(C)CC(=O)C(C[N+](C)(C)C)(OP(=O)(O)O)C(=O)CC(C)CCCC(C)CCCC(C)CCCC(C)C. The molecule has 6 atom stereocenters. The normalized spacial score (nSPS) is 17.4. The van der Waals surface area contributed by atoms with Gasteiger partial charge >= 0.3 is 7.82 Å². The third-order valence-electron chi connectivity index (χ3n) is 11.5. The van der Waals surface area contributed by atoms with Crippen LogP contribution >= 0.6 is 7.82 Å². The molecule has 6 unspecified atom stereocenters. The molecule has 0 heterocycles. The minimum Gasteiger partial charge on any atom is -0.328 e. The number of nitrogens with zero attached hydrogens (tertiary/aromatic N) is 1. The van der Waals surface area contributed by atoms with E-state index >= 15 is 0 Å². The van der Waals surface area contributed by atoms with Gasteiger partial charge in [0.1, 0.15) is 6.54 Å². The molecule has 0 rings (SSSR count). The summed E-state index contributed by atoms with van der Waals surface area (Å²) >= 11 is 0. The van der Waals surface area contributed by atoms with Gasteiger partial charge in [0.25, 0.3) is 0 Å². The number of rotatable bonds is 34. The van der Waals surface area contributed by atoms with Gasteiger partial charge in [-0.25, -0.2) is 4.57 Å². The number of hydrogen-bond donors (Lipinski definition) is 2. The van der Waals surface area contributed by atoms with Crippen molar-refractivity contribution in [3.63, 3.8) is 0 Å². The molecule has 7 nitrogen and oxygen atoms in total. The molecule has 0 amide bonds. The highest BCUT2D eigenvalue weighted by Crippen LogP contribution is 2.44. The predicted octanol–water partition coefficient (Wildman–Crippen LogP) is 12.6. The summed E-state index contributed by atoms with van der Waals surface area (Å²) in [6, 6.07) is 0. The van der Waals surface area contributed by atoms with Crippen LogP contribution in [0.25, 0.3) is 0 Å². The van der Waals surface area contributed by atoms with E-state index in [-0.39, 0.29) is 35.7 Å². The van der Waals surface area contributed by atoms with Gasteiger partial charge in [0.15, 0.2) is 11.6 Å². The average Bonchev–Trinajstić information content (AvgIpc) is 2.98. The Morgan fingerprint density at radius 3 is 0.962 bits per heavy atom. The highest BCUT2D eigenvalue weighted by atomic mass is 31.2. The Morgan fingerprint density at radius 2 is 0.736 bits per heavy atom. The van der Waals surface area contributed by atoms with Gasteiger partial charge in [-0.1, -0.05) is 185 Å². The van der Waals surface area contributed by atoms with Crippen LogP contribution in [0.1, 0.15) is 198 Å². The first-order valence-electron chi connectivity index (χ1n) is 22.1. The van der Waals surface area contributed by atoms with E-state index in [1.807, 2.05) is 35.0 Å². The Bertz CT molecular complexity index is 959. The first-order chi connectivity index (χ1) is 24.5. The molecule has 0 aliphatic carbocycles. The van der Waals surface area contributed by atoms with Crippen molar-refractivity contribution in [2.45, 2.75) is 203 Å². The highest BCUT2D eigenvalue weighted by Gasteiger charge is 2.54. The standard InChI is InChI=1S/C45H90NO6P/c1-35(2)20-14-22-37(5)24-16-26-39(7)28-18-30-41(9)32-43(47)45(34-46(11,12)13,52-53(49,50)51)44(48)33-42(10)31-19-29-40(8)27-17-25-38(6)23-15-21-36(3)4/h35-42H,14-34H2,1-13H3,(H-,49,50,51)/p+1. The maximum absolute atomic E-state index is 14.1. The van der Waals surface area contributed by atoms with Crippen molar-refractivity contribution < 1.29 is 32.9 Å². The first-order valence-corrected chi connectivity index (χ1v) is 23.6. The summed E-state index contributed by atoms with van der Waals surface area (Å²) in [5.41, 5.74) is -2.17. The molecule has 0 saturated carbocycles. The van der Waals surface area contributed by atoms with Gasteiger partial charge in [-0.2, -0.15) is 0 Å².